The normalized spacial score (nSPS) is 25.5. The first-order valence-electron chi connectivity index (χ1n) is 5.70. The Bertz CT molecular complexity index is 208. The van der Waals surface area contributed by atoms with Crippen molar-refractivity contribution >= 4 is 5.91 Å². The first-order valence-corrected chi connectivity index (χ1v) is 5.70. The monoisotopic (exact) mass is 215 g/mol. The molecule has 0 aromatic carbocycles. The van der Waals surface area contributed by atoms with E-state index < -0.39 is 0 Å². The molecule has 15 heavy (non-hydrogen) atoms. The van der Waals surface area contributed by atoms with Gasteiger partial charge in [0.2, 0.25) is 5.91 Å². The highest BCUT2D eigenvalue weighted by Gasteiger charge is 2.30. The van der Waals surface area contributed by atoms with Crippen LogP contribution in [0.4, 0.5) is 0 Å². The number of carbonyl (C=O) groups is 1. The molecule has 0 bridgehead atoms. The molecule has 2 unspecified atom stereocenters. The summed E-state index contributed by atoms with van der Waals surface area (Å²) in [5.74, 6) is 0.203. The number of amides is 1. The van der Waals surface area contributed by atoms with Crippen molar-refractivity contribution in [1.29, 1.82) is 0 Å². The molecule has 4 heteroatoms. The highest BCUT2D eigenvalue weighted by molar-refractivity contribution is 5.79. The Morgan fingerprint density at radius 2 is 2.33 bits per heavy atom. The molecule has 0 spiro atoms. The van der Waals surface area contributed by atoms with Crippen LogP contribution in [0.5, 0.6) is 0 Å². The van der Waals surface area contributed by atoms with Crippen LogP contribution >= 0.6 is 0 Å². The highest BCUT2D eigenvalue weighted by Crippen LogP contribution is 2.21. The van der Waals surface area contributed by atoms with Gasteiger partial charge >= 0.3 is 0 Å². The van der Waals surface area contributed by atoms with Gasteiger partial charge in [-0.15, -0.1) is 0 Å². The van der Waals surface area contributed by atoms with E-state index in [9.17, 15) is 4.79 Å². The Morgan fingerprint density at radius 3 is 2.80 bits per heavy atom. The Balaban J connectivity index is 2.42. The van der Waals surface area contributed by atoms with Crippen molar-refractivity contribution in [1.82, 2.24) is 4.90 Å². The molecule has 0 aromatic rings. The smallest absolute Gasteiger partial charge is 0.228 e. The molecule has 1 N–H and O–H groups in total. The van der Waals surface area contributed by atoms with Crippen LogP contribution in [0.1, 0.15) is 26.7 Å². The lowest BCUT2D eigenvalue weighted by atomic mass is 10.0. The predicted octanol–water partition coefficient (Wildman–Crippen LogP) is 0.642. The topological polar surface area (TPSA) is 49.8 Å². The summed E-state index contributed by atoms with van der Waals surface area (Å²) in [6.07, 6.45) is 1.69. The van der Waals surface area contributed by atoms with Crippen molar-refractivity contribution in [3.05, 3.63) is 0 Å². The zero-order valence-electron chi connectivity index (χ0n) is 9.61. The van der Waals surface area contributed by atoms with Crippen molar-refractivity contribution in [2.45, 2.75) is 32.8 Å². The Labute approximate surface area is 91.2 Å². The number of rotatable bonds is 5. The van der Waals surface area contributed by atoms with Gasteiger partial charge in [-0.05, 0) is 26.7 Å². The van der Waals surface area contributed by atoms with E-state index in [0.29, 0.717) is 26.1 Å². The third kappa shape index (κ3) is 3.47. The van der Waals surface area contributed by atoms with Crippen molar-refractivity contribution in [3.63, 3.8) is 0 Å². The molecular weight excluding hydrogens is 194 g/mol. The Morgan fingerprint density at radius 1 is 1.60 bits per heavy atom. The van der Waals surface area contributed by atoms with Gasteiger partial charge in [-0.3, -0.25) is 4.79 Å². The summed E-state index contributed by atoms with van der Waals surface area (Å²) < 4.78 is 5.39. The summed E-state index contributed by atoms with van der Waals surface area (Å²) in [6.45, 7) is 6.02. The summed E-state index contributed by atoms with van der Waals surface area (Å²) in [7, 11) is 0. The van der Waals surface area contributed by atoms with Gasteiger partial charge in [0.05, 0.1) is 18.6 Å². The lowest BCUT2D eigenvalue weighted by Gasteiger charge is -2.23. The van der Waals surface area contributed by atoms with E-state index in [0.717, 1.165) is 6.42 Å². The van der Waals surface area contributed by atoms with Crippen LogP contribution in [0, 0.1) is 5.92 Å². The summed E-state index contributed by atoms with van der Waals surface area (Å²) in [5, 5.41) is 8.74. The van der Waals surface area contributed by atoms with Crippen molar-refractivity contribution in [2.75, 3.05) is 26.3 Å². The molecule has 1 amide bonds. The fourth-order valence-corrected chi connectivity index (χ4v) is 1.93. The van der Waals surface area contributed by atoms with Crippen LogP contribution in [-0.4, -0.2) is 48.3 Å². The van der Waals surface area contributed by atoms with Crippen LogP contribution in [0.2, 0.25) is 0 Å². The van der Waals surface area contributed by atoms with Crippen LogP contribution in [0.3, 0.4) is 0 Å². The number of hydrogen-bond donors (Lipinski definition) is 1. The Kier molecular flexibility index (Phi) is 5.05. The summed E-state index contributed by atoms with van der Waals surface area (Å²) in [4.78, 5) is 13.8. The third-order valence-corrected chi connectivity index (χ3v) is 2.83. The van der Waals surface area contributed by atoms with E-state index in [1.54, 1.807) is 0 Å². The fraction of sp³-hybridized carbons (Fsp3) is 0.909. The average molecular weight is 215 g/mol. The Hall–Kier alpha value is -0.610. The van der Waals surface area contributed by atoms with Crippen molar-refractivity contribution in [3.8, 4) is 0 Å². The van der Waals surface area contributed by atoms with Crippen molar-refractivity contribution in [2.24, 2.45) is 5.92 Å². The first kappa shape index (κ1) is 12.5. The molecule has 1 aliphatic heterocycles. The summed E-state index contributed by atoms with van der Waals surface area (Å²) in [6, 6.07) is 0. The second-order valence-electron chi connectivity index (χ2n) is 4.07. The molecule has 2 atom stereocenters. The third-order valence-electron chi connectivity index (χ3n) is 2.83. The van der Waals surface area contributed by atoms with Crippen LogP contribution in [0.25, 0.3) is 0 Å². The van der Waals surface area contributed by atoms with Gasteiger partial charge in [0, 0.05) is 19.7 Å². The molecule has 0 aliphatic carbocycles. The number of ether oxygens (including phenoxy) is 1. The molecule has 0 aromatic heterocycles. The van der Waals surface area contributed by atoms with E-state index >= 15 is 0 Å². The van der Waals surface area contributed by atoms with Crippen LogP contribution in [0.15, 0.2) is 0 Å². The first-order chi connectivity index (χ1) is 7.19. The maximum absolute atomic E-state index is 12.0. The van der Waals surface area contributed by atoms with Gasteiger partial charge in [-0.1, -0.05) is 0 Å². The summed E-state index contributed by atoms with van der Waals surface area (Å²) in [5.41, 5.74) is 0. The van der Waals surface area contributed by atoms with Gasteiger partial charge in [0.15, 0.2) is 0 Å². The number of nitrogens with zero attached hydrogens (tertiary/aromatic N) is 1. The second-order valence-corrected chi connectivity index (χ2v) is 4.07. The minimum absolute atomic E-state index is 0.0265. The molecule has 0 saturated carbocycles. The minimum atomic E-state index is 0.0265. The van der Waals surface area contributed by atoms with Gasteiger partial charge in [-0.2, -0.15) is 0 Å². The van der Waals surface area contributed by atoms with E-state index in [2.05, 4.69) is 0 Å². The van der Waals surface area contributed by atoms with Gasteiger partial charge < -0.3 is 14.7 Å². The largest absolute Gasteiger partial charge is 0.396 e. The SMILES string of the molecule is CCN(CCCO)C(=O)C1COC(C)C1. The second kappa shape index (κ2) is 6.08. The fourth-order valence-electron chi connectivity index (χ4n) is 1.93. The lowest BCUT2D eigenvalue weighted by Crippen LogP contribution is -2.37. The highest BCUT2D eigenvalue weighted by atomic mass is 16.5. The predicted molar refractivity (Wildman–Crippen MR) is 57.5 cm³/mol. The number of carbonyl (C=O) groups excluding carboxylic acids is 1. The maximum atomic E-state index is 12.0. The molecule has 1 fully saturated rings. The molecule has 0 radical (unpaired) electrons. The molecule has 1 saturated heterocycles. The lowest BCUT2D eigenvalue weighted by molar-refractivity contribution is -0.135. The van der Waals surface area contributed by atoms with E-state index in [4.69, 9.17) is 9.84 Å². The van der Waals surface area contributed by atoms with Crippen LogP contribution < -0.4 is 0 Å². The molecule has 4 nitrogen and oxygen atoms in total. The number of aliphatic hydroxyl groups excluding tert-OH is 1. The molecule has 1 aliphatic rings. The van der Waals surface area contributed by atoms with Gasteiger partial charge in [-0.25, -0.2) is 0 Å². The summed E-state index contributed by atoms with van der Waals surface area (Å²) >= 11 is 0. The maximum Gasteiger partial charge on any atom is 0.228 e. The van der Waals surface area contributed by atoms with Crippen LogP contribution in [-0.2, 0) is 9.53 Å². The zero-order valence-corrected chi connectivity index (χ0v) is 9.61. The molecule has 88 valence electrons. The molecule has 1 heterocycles. The van der Waals surface area contributed by atoms with E-state index in [1.165, 1.54) is 0 Å². The standard InChI is InChI=1S/C11H21NO3/c1-3-12(5-4-6-13)11(14)10-7-9(2)15-8-10/h9-10,13H,3-8H2,1-2H3. The molecular formula is C11H21NO3. The van der Waals surface area contributed by atoms with E-state index in [-0.39, 0.29) is 24.5 Å². The van der Waals surface area contributed by atoms with E-state index in [1.807, 2.05) is 18.7 Å². The van der Waals surface area contributed by atoms with Crippen molar-refractivity contribution < 1.29 is 14.6 Å². The number of aliphatic hydroxyl groups is 1. The van der Waals surface area contributed by atoms with Gasteiger partial charge in [0.25, 0.3) is 0 Å². The quantitative estimate of drug-likeness (QED) is 0.732. The molecule has 1 rings (SSSR count). The number of hydrogen-bond acceptors (Lipinski definition) is 3. The minimum Gasteiger partial charge on any atom is -0.396 e. The average Bonchev–Trinajstić information content (AvgIpc) is 2.65. The zero-order chi connectivity index (χ0) is 11.3. The van der Waals surface area contributed by atoms with Gasteiger partial charge in [0.1, 0.15) is 0 Å².